The summed E-state index contributed by atoms with van der Waals surface area (Å²) in [4.78, 5) is 7.86. The van der Waals surface area contributed by atoms with Gasteiger partial charge in [0.1, 0.15) is 0 Å². The fraction of sp³-hybridized carbons (Fsp3) is 0.333. The second-order valence-electron chi connectivity index (χ2n) is 2.49. The van der Waals surface area contributed by atoms with Gasteiger partial charge in [0.2, 0.25) is 0 Å². The number of aromatic nitrogens is 2. The maximum atomic E-state index is 13.2. The van der Waals surface area contributed by atoms with Crippen molar-refractivity contribution in [3.05, 3.63) is 29.6 Å². The lowest BCUT2D eigenvalue weighted by molar-refractivity contribution is 0.580. The molecule has 0 bridgehead atoms. The first-order chi connectivity index (χ1) is 5.69. The van der Waals surface area contributed by atoms with Crippen LogP contribution in [0.25, 0.3) is 6.08 Å². The van der Waals surface area contributed by atoms with E-state index in [0.29, 0.717) is 23.6 Å². The van der Waals surface area contributed by atoms with Crippen molar-refractivity contribution < 1.29 is 4.39 Å². The van der Waals surface area contributed by atoms with Gasteiger partial charge in [-0.25, -0.2) is 14.4 Å². The van der Waals surface area contributed by atoms with Crippen molar-refractivity contribution in [2.45, 2.75) is 20.3 Å². The Morgan fingerprint density at radius 2 is 2.17 bits per heavy atom. The maximum absolute atomic E-state index is 13.2. The second kappa shape index (κ2) is 3.43. The Hall–Kier alpha value is -1.25. The normalized spacial score (nSPS) is 9.92. The van der Waals surface area contributed by atoms with E-state index >= 15 is 0 Å². The van der Waals surface area contributed by atoms with Crippen molar-refractivity contribution in [2.75, 3.05) is 0 Å². The van der Waals surface area contributed by atoms with Gasteiger partial charge < -0.3 is 0 Å². The Morgan fingerprint density at radius 3 is 2.67 bits per heavy atom. The summed E-state index contributed by atoms with van der Waals surface area (Å²) >= 11 is 0. The van der Waals surface area contributed by atoms with Gasteiger partial charge in [-0.2, -0.15) is 0 Å². The highest BCUT2D eigenvalue weighted by atomic mass is 19.1. The number of rotatable bonds is 2. The zero-order valence-corrected chi connectivity index (χ0v) is 7.26. The quantitative estimate of drug-likeness (QED) is 0.672. The van der Waals surface area contributed by atoms with Crippen LogP contribution in [0.2, 0.25) is 0 Å². The molecule has 0 aliphatic rings. The van der Waals surface area contributed by atoms with Gasteiger partial charge in [-0.3, -0.25) is 0 Å². The highest BCUT2D eigenvalue weighted by molar-refractivity contribution is 5.37. The van der Waals surface area contributed by atoms with E-state index in [9.17, 15) is 4.39 Å². The molecule has 1 rings (SSSR count). The largest absolute Gasteiger partial charge is 0.231 e. The van der Waals surface area contributed by atoms with E-state index in [1.807, 2.05) is 6.92 Å². The van der Waals surface area contributed by atoms with Crippen molar-refractivity contribution in [3.63, 3.8) is 0 Å². The van der Waals surface area contributed by atoms with Crippen molar-refractivity contribution in [1.29, 1.82) is 0 Å². The smallest absolute Gasteiger partial charge is 0.165 e. The Labute approximate surface area is 71.2 Å². The van der Waals surface area contributed by atoms with E-state index in [1.165, 1.54) is 6.08 Å². The van der Waals surface area contributed by atoms with Crippen LogP contribution in [0.15, 0.2) is 6.58 Å². The van der Waals surface area contributed by atoms with E-state index in [0.717, 1.165) is 0 Å². The topological polar surface area (TPSA) is 25.8 Å². The summed E-state index contributed by atoms with van der Waals surface area (Å²) in [5, 5.41) is 0. The third-order valence-electron chi connectivity index (χ3n) is 1.62. The standard InChI is InChI=1S/C9H11FN2/c1-4-7-9(10)6(3)11-8(5-2)12-7/h5H,2,4H2,1,3H3. The van der Waals surface area contributed by atoms with Gasteiger partial charge in [-0.1, -0.05) is 13.5 Å². The summed E-state index contributed by atoms with van der Waals surface area (Å²) in [5.41, 5.74) is 0.842. The Kier molecular flexibility index (Phi) is 2.53. The molecule has 0 spiro atoms. The molecule has 1 aromatic heterocycles. The van der Waals surface area contributed by atoms with Crippen molar-refractivity contribution >= 4 is 6.08 Å². The molecule has 0 aliphatic carbocycles. The van der Waals surface area contributed by atoms with E-state index in [1.54, 1.807) is 6.92 Å². The summed E-state index contributed by atoms with van der Waals surface area (Å²) in [7, 11) is 0. The van der Waals surface area contributed by atoms with E-state index in [2.05, 4.69) is 16.5 Å². The second-order valence-corrected chi connectivity index (χ2v) is 2.49. The lowest BCUT2D eigenvalue weighted by Gasteiger charge is -2.02. The summed E-state index contributed by atoms with van der Waals surface area (Å²) in [6.07, 6.45) is 2.10. The molecule has 0 N–H and O–H groups in total. The Bertz CT molecular complexity index is 308. The van der Waals surface area contributed by atoms with Crippen LogP contribution in [0, 0.1) is 12.7 Å². The minimum atomic E-state index is -0.303. The lowest BCUT2D eigenvalue weighted by Crippen LogP contribution is -2.02. The highest BCUT2D eigenvalue weighted by Crippen LogP contribution is 2.09. The average Bonchev–Trinajstić information content (AvgIpc) is 2.09. The van der Waals surface area contributed by atoms with Crippen molar-refractivity contribution in [2.24, 2.45) is 0 Å². The van der Waals surface area contributed by atoms with Gasteiger partial charge in [-0.15, -0.1) is 0 Å². The minimum Gasteiger partial charge on any atom is -0.231 e. The number of aryl methyl sites for hydroxylation is 2. The fourth-order valence-corrected chi connectivity index (χ4v) is 0.968. The molecule has 1 aromatic rings. The van der Waals surface area contributed by atoms with Crippen LogP contribution in [0.3, 0.4) is 0 Å². The SMILES string of the molecule is C=Cc1nc(C)c(F)c(CC)n1. The molecule has 12 heavy (non-hydrogen) atoms. The van der Waals surface area contributed by atoms with Gasteiger partial charge in [-0.05, 0) is 19.4 Å². The van der Waals surface area contributed by atoms with Crippen molar-refractivity contribution in [1.82, 2.24) is 9.97 Å². The summed E-state index contributed by atoms with van der Waals surface area (Å²) in [6, 6.07) is 0. The number of hydrogen-bond acceptors (Lipinski definition) is 2. The molecule has 0 atom stereocenters. The summed E-state index contributed by atoms with van der Waals surface area (Å²) in [6.45, 7) is 7.02. The zero-order chi connectivity index (χ0) is 9.14. The Balaban J connectivity index is 3.28. The van der Waals surface area contributed by atoms with Crippen LogP contribution < -0.4 is 0 Å². The summed E-state index contributed by atoms with van der Waals surface area (Å²) < 4.78 is 13.2. The minimum absolute atomic E-state index is 0.303. The van der Waals surface area contributed by atoms with E-state index in [4.69, 9.17) is 0 Å². The third-order valence-corrected chi connectivity index (χ3v) is 1.62. The molecule has 0 saturated carbocycles. The Morgan fingerprint density at radius 1 is 1.50 bits per heavy atom. The molecular formula is C9H11FN2. The maximum Gasteiger partial charge on any atom is 0.165 e. The van der Waals surface area contributed by atoms with Crippen LogP contribution in [0.1, 0.15) is 24.1 Å². The zero-order valence-electron chi connectivity index (χ0n) is 7.26. The molecule has 64 valence electrons. The van der Waals surface area contributed by atoms with Crippen LogP contribution in [-0.4, -0.2) is 9.97 Å². The van der Waals surface area contributed by atoms with E-state index < -0.39 is 0 Å². The molecule has 0 aromatic carbocycles. The summed E-state index contributed by atoms with van der Waals surface area (Å²) in [5.74, 6) is 0.189. The van der Waals surface area contributed by atoms with Gasteiger partial charge in [0.15, 0.2) is 11.6 Å². The molecule has 0 aliphatic heterocycles. The molecule has 0 amide bonds. The lowest BCUT2D eigenvalue weighted by atomic mass is 10.2. The monoisotopic (exact) mass is 166 g/mol. The van der Waals surface area contributed by atoms with Crippen LogP contribution in [-0.2, 0) is 6.42 Å². The van der Waals surface area contributed by atoms with Crippen LogP contribution >= 0.6 is 0 Å². The fourth-order valence-electron chi connectivity index (χ4n) is 0.968. The molecule has 0 unspecified atom stereocenters. The molecular weight excluding hydrogens is 155 g/mol. The first-order valence-electron chi connectivity index (χ1n) is 3.84. The predicted octanol–water partition coefficient (Wildman–Crippen LogP) is 2.13. The predicted molar refractivity (Wildman–Crippen MR) is 46.2 cm³/mol. The number of nitrogens with zero attached hydrogens (tertiary/aromatic N) is 2. The highest BCUT2D eigenvalue weighted by Gasteiger charge is 2.07. The molecule has 0 radical (unpaired) electrons. The van der Waals surface area contributed by atoms with E-state index in [-0.39, 0.29) is 5.82 Å². The van der Waals surface area contributed by atoms with Crippen LogP contribution in [0.5, 0.6) is 0 Å². The molecule has 0 fully saturated rings. The third kappa shape index (κ3) is 1.49. The molecule has 1 heterocycles. The number of hydrogen-bond donors (Lipinski definition) is 0. The molecule has 3 heteroatoms. The van der Waals surface area contributed by atoms with Crippen LogP contribution in [0.4, 0.5) is 4.39 Å². The number of halogens is 1. The van der Waals surface area contributed by atoms with Crippen molar-refractivity contribution in [3.8, 4) is 0 Å². The average molecular weight is 166 g/mol. The first-order valence-corrected chi connectivity index (χ1v) is 3.84. The van der Waals surface area contributed by atoms with Gasteiger partial charge in [0.05, 0.1) is 11.4 Å². The van der Waals surface area contributed by atoms with Gasteiger partial charge >= 0.3 is 0 Å². The van der Waals surface area contributed by atoms with Gasteiger partial charge in [0, 0.05) is 0 Å². The molecule has 2 nitrogen and oxygen atoms in total. The first kappa shape index (κ1) is 8.84. The molecule has 0 saturated heterocycles. The van der Waals surface area contributed by atoms with Gasteiger partial charge in [0.25, 0.3) is 0 Å².